The number of benzene rings is 2. The van der Waals surface area contributed by atoms with Crippen molar-refractivity contribution < 1.29 is 14.3 Å². The number of hydrogen-bond donors (Lipinski definition) is 1. The summed E-state index contributed by atoms with van der Waals surface area (Å²) in [5.41, 5.74) is 0.687. The zero-order valence-corrected chi connectivity index (χ0v) is 14.7. The van der Waals surface area contributed by atoms with Crippen LogP contribution in [0.15, 0.2) is 48.5 Å². The fourth-order valence-corrected chi connectivity index (χ4v) is 3.22. The largest absolute Gasteiger partial charge is 0.497 e. The number of imide groups is 1. The Morgan fingerprint density at radius 2 is 1.85 bits per heavy atom. The number of ether oxygens (including phenoxy) is 1. The molecule has 0 unspecified atom stereocenters. The molecule has 6 heteroatoms. The van der Waals surface area contributed by atoms with Crippen LogP contribution in [0.1, 0.15) is 30.0 Å². The summed E-state index contributed by atoms with van der Waals surface area (Å²) in [6, 6.07) is 15.7. The third-order valence-electron chi connectivity index (χ3n) is 4.76. The molecular weight excluding hydrogens is 330 g/mol. The van der Waals surface area contributed by atoms with E-state index >= 15 is 0 Å². The number of nitriles is 1. The molecule has 0 spiro atoms. The second-order valence-electron chi connectivity index (χ2n) is 6.08. The van der Waals surface area contributed by atoms with E-state index in [0.29, 0.717) is 28.9 Å². The highest BCUT2D eigenvalue weighted by atomic mass is 16.5. The average Bonchev–Trinajstić information content (AvgIpc) is 2.93. The molecule has 1 saturated heterocycles. The number of nitrogens with one attached hydrogen (secondary N) is 1. The van der Waals surface area contributed by atoms with Crippen LogP contribution in [-0.4, -0.2) is 23.9 Å². The molecule has 1 atom stereocenters. The predicted octanol–water partition coefficient (Wildman–Crippen LogP) is 2.92. The fourth-order valence-electron chi connectivity index (χ4n) is 3.22. The number of amides is 3. The number of hydrogen-bond acceptors (Lipinski definition) is 4. The van der Waals surface area contributed by atoms with Crippen molar-refractivity contribution >= 4 is 11.9 Å². The van der Waals surface area contributed by atoms with Crippen LogP contribution in [-0.2, 0) is 16.9 Å². The van der Waals surface area contributed by atoms with Crippen LogP contribution in [0.5, 0.6) is 5.75 Å². The lowest BCUT2D eigenvalue weighted by molar-refractivity contribution is -0.132. The maximum absolute atomic E-state index is 13.2. The molecule has 132 valence electrons. The van der Waals surface area contributed by atoms with Gasteiger partial charge in [0.1, 0.15) is 11.3 Å². The van der Waals surface area contributed by atoms with Crippen LogP contribution in [0, 0.1) is 11.3 Å². The fraction of sp³-hybridized carbons (Fsp3) is 0.250. The average molecular weight is 349 g/mol. The van der Waals surface area contributed by atoms with Crippen molar-refractivity contribution in [3.8, 4) is 11.8 Å². The topological polar surface area (TPSA) is 82.4 Å². The van der Waals surface area contributed by atoms with E-state index in [-0.39, 0.29) is 12.5 Å². The molecule has 1 aliphatic heterocycles. The Kier molecular flexibility index (Phi) is 4.63. The Morgan fingerprint density at radius 1 is 1.15 bits per heavy atom. The van der Waals surface area contributed by atoms with Crippen molar-refractivity contribution in [1.82, 2.24) is 10.2 Å². The van der Waals surface area contributed by atoms with Gasteiger partial charge in [-0.3, -0.25) is 9.69 Å². The van der Waals surface area contributed by atoms with Crippen LogP contribution in [0.2, 0.25) is 0 Å². The molecule has 0 aromatic heterocycles. The zero-order chi connectivity index (χ0) is 18.7. The predicted molar refractivity (Wildman–Crippen MR) is 95.2 cm³/mol. The third-order valence-corrected chi connectivity index (χ3v) is 4.76. The van der Waals surface area contributed by atoms with Gasteiger partial charge in [-0.1, -0.05) is 37.3 Å². The molecule has 6 nitrogen and oxygen atoms in total. The van der Waals surface area contributed by atoms with Crippen molar-refractivity contribution in [2.45, 2.75) is 25.4 Å². The van der Waals surface area contributed by atoms with Gasteiger partial charge < -0.3 is 10.1 Å². The molecule has 0 aliphatic carbocycles. The smallest absolute Gasteiger partial charge is 0.325 e. The van der Waals surface area contributed by atoms with E-state index in [1.165, 1.54) is 4.90 Å². The summed E-state index contributed by atoms with van der Waals surface area (Å²) in [7, 11) is 1.57. The first kappa shape index (κ1) is 17.5. The molecule has 1 N–H and O–H groups in total. The number of rotatable bonds is 5. The quantitative estimate of drug-likeness (QED) is 0.842. The minimum atomic E-state index is -1.11. The molecule has 0 bridgehead atoms. The number of methoxy groups -OCH3 is 1. The molecule has 26 heavy (non-hydrogen) atoms. The van der Waals surface area contributed by atoms with Crippen LogP contribution >= 0.6 is 0 Å². The molecule has 2 aromatic rings. The minimum Gasteiger partial charge on any atom is -0.497 e. The zero-order valence-electron chi connectivity index (χ0n) is 14.7. The molecule has 2 aromatic carbocycles. The minimum absolute atomic E-state index is 0.0618. The van der Waals surface area contributed by atoms with Gasteiger partial charge >= 0.3 is 6.03 Å². The van der Waals surface area contributed by atoms with E-state index < -0.39 is 11.6 Å². The van der Waals surface area contributed by atoms with Crippen molar-refractivity contribution in [3.63, 3.8) is 0 Å². The van der Waals surface area contributed by atoms with Gasteiger partial charge in [0.05, 0.1) is 25.3 Å². The lowest BCUT2D eigenvalue weighted by Crippen LogP contribution is -2.43. The summed E-state index contributed by atoms with van der Waals surface area (Å²) in [5, 5.41) is 12.1. The summed E-state index contributed by atoms with van der Waals surface area (Å²) >= 11 is 0. The van der Waals surface area contributed by atoms with Crippen molar-refractivity contribution in [2.24, 2.45) is 0 Å². The van der Waals surface area contributed by atoms with E-state index in [0.717, 1.165) is 0 Å². The Balaban J connectivity index is 1.94. The van der Waals surface area contributed by atoms with E-state index in [1.54, 1.807) is 55.6 Å². The number of nitrogens with zero attached hydrogens (tertiary/aromatic N) is 2. The van der Waals surface area contributed by atoms with Gasteiger partial charge in [0.2, 0.25) is 0 Å². The van der Waals surface area contributed by atoms with Crippen LogP contribution in [0.4, 0.5) is 4.79 Å². The highest BCUT2D eigenvalue weighted by Gasteiger charge is 2.51. The molecule has 1 heterocycles. The molecule has 1 aliphatic rings. The van der Waals surface area contributed by atoms with Crippen LogP contribution < -0.4 is 10.1 Å². The van der Waals surface area contributed by atoms with E-state index in [9.17, 15) is 14.9 Å². The highest BCUT2D eigenvalue weighted by molar-refractivity contribution is 6.07. The van der Waals surface area contributed by atoms with Gasteiger partial charge in [0, 0.05) is 0 Å². The lowest BCUT2D eigenvalue weighted by Gasteiger charge is -2.26. The van der Waals surface area contributed by atoms with Gasteiger partial charge in [-0.2, -0.15) is 5.26 Å². The number of carbonyl (C=O) groups is 2. The lowest BCUT2D eigenvalue weighted by atomic mass is 9.87. The van der Waals surface area contributed by atoms with Gasteiger partial charge in [-0.05, 0) is 35.7 Å². The van der Waals surface area contributed by atoms with Gasteiger partial charge in [0.25, 0.3) is 5.91 Å². The van der Waals surface area contributed by atoms with E-state index in [2.05, 4.69) is 11.4 Å². The maximum Gasteiger partial charge on any atom is 0.325 e. The monoisotopic (exact) mass is 349 g/mol. The Morgan fingerprint density at radius 3 is 2.46 bits per heavy atom. The Hall–Kier alpha value is -3.33. The van der Waals surface area contributed by atoms with E-state index in [4.69, 9.17) is 4.74 Å². The maximum atomic E-state index is 13.2. The second kappa shape index (κ2) is 6.89. The molecule has 1 fully saturated rings. The van der Waals surface area contributed by atoms with Crippen LogP contribution in [0.25, 0.3) is 0 Å². The first-order valence-corrected chi connectivity index (χ1v) is 8.32. The summed E-state index contributed by atoms with van der Waals surface area (Å²) in [6.07, 6.45) is 0.417. The second-order valence-corrected chi connectivity index (χ2v) is 6.08. The summed E-state index contributed by atoms with van der Waals surface area (Å²) in [6.45, 7) is 1.92. The van der Waals surface area contributed by atoms with E-state index in [1.807, 2.05) is 6.92 Å². The van der Waals surface area contributed by atoms with Gasteiger partial charge in [-0.25, -0.2) is 4.79 Å². The summed E-state index contributed by atoms with van der Waals surface area (Å²) < 4.78 is 5.16. The Bertz CT molecular complexity index is 886. The standard InChI is InChI=1S/C20H19N3O3/c1-3-20(16-8-10-17(26-2)11-9-16)18(24)23(19(25)22-20)13-15-7-5-4-6-14(15)12-21/h4-11H,3,13H2,1-2H3,(H,22,25)/t20-/m1/s1. The number of carbonyl (C=O) groups excluding carboxylic acids is 2. The van der Waals surface area contributed by atoms with Crippen molar-refractivity contribution in [2.75, 3.05) is 7.11 Å². The first-order chi connectivity index (χ1) is 12.6. The molecule has 0 saturated carbocycles. The normalized spacial score (nSPS) is 19.2. The summed E-state index contributed by atoms with van der Waals surface area (Å²) in [4.78, 5) is 26.9. The SMILES string of the molecule is CC[C@]1(c2ccc(OC)cc2)NC(=O)N(Cc2ccccc2C#N)C1=O. The first-order valence-electron chi connectivity index (χ1n) is 8.32. The molecule has 3 rings (SSSR count). The number of urea groups is 1. The summed E-state index contributed by atoms with van der Waals surface area (Å²) in [5.74, 6) is 0.361. The Labute approximate surface area is 152 Å². The van der Waals surface area contributed by atoms with Gasteiger partial charge in [0.15, 0.2) is 0 Å². The van der Waals surface area contributed by atoms with Crippen molar-refractivity contribution in [1.29, 1.82) is 5.26 Å². The van der Waals surface area contributed by atoms with Crippen LogP contribution in [0.3, 0.4) is 0 Å². The van der Waals surface area contributed by atoms with Gasteiger partial charge in [-0.15, -0.1) is 0 Å². The third kappa shape index (κ3) is 2.78. The molecule has 0 radical (unpaired) electrons. The highest BCUT2D eigenvalue weighted by Crippen LogP contribution is 2.34. The van der Waals surface area contributed by atoms with Crippen molar-refractivity contribution in [3.05, 3.63) is 65.2 Å². The molecular formula is C20H19N3O3. The molecule has 3 amide bonds.